The highest BCUT2D eigenvalue weighted by Gasteiger charge is 2.22. The molecule has 2 amide bonds. The summed E-state index contributed by atoms with van der Waals surface area (Å²) in [7, 11) is 1.60. The summed E-state index contributed by atoms with van der Waals surface area (Å²) in [5.74, 6) is 0.300. The minimum absolute atomic E-state index is 0.169. The molecule has 0 bridgehead atoms. The molecule has 0 aromatic heterocycles. The number of amides is 2. The van der Waals surface area contributed by atoms with Crippen molar-refractivity contribution in [2.45, 2.75) is 19.8 Å². The first-order valence-electron chi connectivity index (χ1n) is 10.2. The van der Waals surface area contributed by atoms with Crippen molar-refractivity contribution in [1.82, 2.24) is 5.32 Å². The number of rotatable bonds is 7. The van der Waals surface area contributed by atoms with Crippen LogP contribution in [0.5, 0.6) is 0 Å². The Hall–Kier alpha value is -2.38. The Labute approximate surface area is 186 Å². The lowest BCUT2D eigenvalue weighted by atomic mass is 9.97. The first-order chi connectivity index (χ1) is 14.5. The van der Waals surface area contributed by atoms with Crippen LogP contribution < -0.4 is 15.5 Å². The second kappa shape index (κ2) is 10.6. The lowest BCUT2D eigenvalue weighted by Crippen LogP contribution is -2.35. The Morgan fingerprint density at radius 2 is 1.83 bits per heavy atom. The smallest absolute Gasteiger partial charge is 0.256 e. The third kappa shape index (κ3) is 5.61. The van der Waals surface area contributed by atoms with Gasteiger partial charge in [-0.15, -0.1) is 0 Å². The van der Waals surface area contributed by atoms with Crippen molar-refractivity contribution in [2.75, 3.05) is 43.6 Å². The van der Waals surface area contributed by atoms with E-state index in [9.17, 15) is 9.59 Å². The first kappa shape index (κ1) is 22.3. The van der Waals surface area contributed by atoms with Crippen LogP contribution in [0.15, 0.2) is 46.9 Å². The topological polar surface area (TPSA) is 70.7 Å². The number of halogens is 1. The quantitative estimate of drug-likeness (QED) is 0.587. The standard InChI is InChI=1S/C23H28BrN3O3/c1-16-9-12-27(13-10-16)21-8-7-17(15-19(21)22(28)25-11-14-30-2)26-23(29)18-5-3-4-6-20(18)24/h3-8,15-16H,9-14H2,1-2H3,(H,25,28)(H,26,29). The minimum Gasteiger partial charge on any atom is -0.383 e. The van der Waals surface area contributed by atoms with E-state index in [0.717, 1.165) is 36.1 Å². The van der Waals surface area contributed by atoms with Crippen LogP contribution in [-0.2, 0) is 4.74 Å². The average Bonchev–Trinajstić information content (AvgIpc) is 2.75. The van der Waals surface area contributed by atoms with Gasteiger partial charge >= 0.3 is 0 Å². The van der Waals surface area contributed by atoms with Crippen LogP contribution in [0, 0.1) is 5.92 Å². The summed E-state index contributed by atoms with van der Waals surface area (Å²) in [6.45, 7) is 4.97. The molecular weight excluding hydrogens is 446 g/mol. The summed E-state index contributed by atoms with van der Waals surface area (Å²) < 4.78 is 5.76. The third-order valence-electron chi connectivity index (χ3n) is 5.33. The fraction of sp³-hybridized carbons (Fsp3) is 0.391. The van der Waals surface area contributed by atoms with Crippen molar-refractivity contribution in [3.05, 3.63) is 58.1 Å². The maximum absolute atomic E-state index is 12.9. The molecule has 0 saturated carbocycles. The van der Waals surface area contributed by atoms with Crippen molar-refractivity contribution in [2.24, 2.45) is 5.92 Å². The third-order valence-corrected chi connectivity index (χ3v) is 6.03. The van der Waals surface area contributed by atoms with E-state index in [-0.39, 0.29) is 11.8 Å². The number of benzene rings is 2. The molecule has 1 fully saturated rings. The van der Waals surface area contributed by atoms with Gasteiger partial charge in [0.05, 0.1) is 17.7 Å². The van der Waals surface area contributed by atoms with Crippen LogP contribution in [0.2, 0.25) is 0 Å². The van der Waals surface area contributed by atoms with Gasteiger partial charge in [-0.25, -0.2) is 0 Å². The molecule has 6 nitrogen and oxygen atoms in total. The van der Waals surface area contributed by atoms with E-state index in [1.54, 1.807) is 19.2 Å². The number of anilines is 2. The molecule has 0 atom stereocenters. The number of carbonyl (C=O) groups is 2. The molecule has 1 heterocycles. The minimum atomic E-state index is -0.229. The molecule has 3 rings (SSSR count). The lowest BCUT2D eigenvalue weighted by Gasteiger charge is -2.33. The summed E-state index contributed by atoms with van der Waals surface area (Å²) in [6.07, 6.45) is 2.20. The Morgan fingerprint density at radius 3 is 2.53 bits per heavy atom. The number of carbonyl (C=O) groups excluding carboxylic acids is 2. The molecule has 1 aliphatic heterocycles. The van der Waals surface area contributed by atoms with Gasteiger partial charge in [-0.1, -0.05) is 19.1 Å². The van der Waals surface area contributed by atoms with E-state index in [1.165, 1.54) is 0 Å². The van der Waals surface area contributed by atoms with E-state index < -0.39 is 0 Å². The maximum atomic E-state index is 12.9. The van der Waals surface area contributed by atoms with Crippen LogP contribution in [0.25, 0.3) is 0 Å². The first-order valence-corrected chi connectivity index (χ1v) is 11.0. The predicted octanol–water partition coefficient (Wildman–Crippen LogP) is 4.31. The van der Waals surface area contributed by atoms with Gasteiger partial charge in [0.25, 0.3) is 11.8 Å². The predicted molar refractivity (Wildman–Crippen MR) is 123 cm³/mol. The largest absolute Gasteiger partial charge is 0.383 e. The molecule has 30 heavy (non-hydrogen) atoms. The van der Waals surface area contributed by atoms with E-state index in [1.807, 2.05) is 30.3 Å². The molecule has 7 heteroatoms. The van der Waals surface area contributed by atoms with E-state index >= 15 is 0 Å². The van der Waals surface area contributed by atoms with Crippen molar-refractivity contribution in [3.63, 3.8) is 0 Å². The Balaban J connectivity index is 1.84. The molecule has 0 radical (unpaired) electrons. The van der Waals surface area contributed by atoms with Crippen molar-refractivity contribution in [1.29, 1.82) is 0 Å². The van der Waals surface area contributed by atoms with E-state index in [4.69, 9.17) is 4.74 Å². The van der Waals surface area contributed by atoms with Gasteiger partial charge in [0.1, 0.15) is 0 Å². The lowest BCUT2D eigenvalue weighted by molar-refractivity contribution is 0.0936. The number of nitrogens with zero attached hydrogens (tertiary/aromatic N) is 1. The fourth-order valence-electron chi connectivity index (χ4n) is 3.53. The highest BCUT2D eigenvalue weighted by molar-refractivity contribution is 9.10. The van der Waals surface area contributed by atoms with Crippen molar-refractivity contribution < 1.29 is 14.3 Å². The van der Waals surface area contributed by atoms with Gasteiger partial charge in [-0.3, -0.25) is 9.59 Å². The molecule has 1 aliphatic rings. The maximum Gasteiger partial charge on any atom is 0.256 e. The molecule has 0 aliphatic carbocycles. The van der Waals surface area contributed by atoms with Crippen molar-refractivity contribution >= 4 is 39.1 Å². The number of ether oxygens (including phenoxy) is 1. The van der Waals surface area contributed by atoms with E-state index in [0.29, 0.717) is 35.9 Å². The van der Waals surface area contributed by atoms with Crippen LogP contribution in [0.4, 0.5) is 11.4 Å². The normalized spacial score (nSPS) is 14.4. The Morgan fingerprint density at radius 1 is 1.10 bits per heavy atom. The average molecular weight is 474 g/mol. The summed E-state index contributed by atoms with van der Waals surface area (Å²) in [6, 6.07) is 12.8. The van der Waals surface area contributed by atoms with Gasteiger partial charge in [0, 0.05) is 42.6 Å². The number of nitrogens with one attached hydrogen (secondary N) is 2. The zero-order valence-corrected chi connectivity index (χ0v) is 19.0. The molecule has 2 aromatic rings. The number of hydrogen-bond acceptors (Lipinski definition) is 4. The van der Waals surface area contributed by atoms with E-state index in [2.05, 4.69) is 38.4 Å². The number of hydrogen-bond donors (Lipinski definition) is 2. The monoisotopic (exact) mass is 473 g/mol. The van der Waals surface area contributed by atoms with Gasteiger partial charge in [-0.2, -0.15) is 0 Å². The second-order valence-corrected chi connectivity index (χ2v) is 8.44. The second-order valence-electron chi connectivity index (χ2n) is 7.58. The summed E-state index contributed by atoms with van der Waals surface area (Å²) in [5, 5.41) is 5.81. The van der Waals surface area contributed by atoms with Gasteiger partial charge in [-0.05, 0) is 65.0 Å². The zero-order valence-electron chi connectivity index (χ0n) is 17.4. The van der Waals surface area contributed by atoms with Crippen LogP contribution >= 0.6 is 15.9 Å². The van der Waals surface area contributed by atoms with Crippen LogP contribution in [0.1, 0.15) is 40.5 Å². The summed E-state index contributed by atoms with van der Waals surface area (Å²) in [4.78, 5) is 27.8. The summed E-state index contributed by atoms with van der Waals surface area (Å²) >= 11 is 3.41. The Kier molecular flexibility index (Phi) is 7.87. The molecule has 160 valence electrons. The van der Waals surface area contributed by atoms with Gasteiger partial charge in [0.2, 0.25) is 0 Å². The van der Waals surface area contributed by atoms with Gasteiger partial charge < -0.3 is 20.3 Å². The molecule has 0 spiro atoms. The zero-order chi connectivity index (χ0) is 21.5. The van der Waals surface area contributed by atoms with Gasteiger partial charge in [0.15, 0.2) is 0 Å². The number of piperidine rings is 1. The highest BCUT2D eigenvalue weighted by atomic mass is 79.9. The fourth-order valence-corrected chi connectivity index (χ4v) is 3.99. The SMILES string of the molecule is COCCNC(=O)c1cc(NC(=O)c2ccccc2Br)ccc1N1CCC(C)CC1. The molecular formula is C23H28BrN3O3. The van der Waals surface area contributed by atoms with Crippen LogP contribution in [0.3, 0.4) is 0 Å². The van der Waals surface area contributed by atoms with Crippen molar-refractivity contribution in [3.8, 4) is 0 Å². The van der Waals surface area contributed by atoms with Crippen LogP contribution in [-0.4, -0.2) is 45.2 Å². The molecule has 1 saturated heterocycles. The molecule has 2 N–H and O–H groups in total. The molecule has 2 aromatic carbocycles. The summed E-state index contributed by atoms with van der Waals surface area (Å²) in [5.41, 5.74) is 2.58. The molecule has 0 unspecified atom stereocenters. The Bertz CT molecular complexity index is 895. The highest BCUT2D eigenvalue weighted by Crippen LogP contribution is 2.29. The number of methoxy groups -OCH3 is 1.